The summed E-state index contributed by atoms with van der Waals surface area (Å²) in [5.74, 6) is -2.48. The van der Waals surface area contributed by atoms with Crippen molar-refractivity contribution in [2.45, 2.75) is 57.9 Å². The van der Waals surface area contributed by atoms with Gasteiger partial charge in [0.1, 0.15) is 0 Å². The van der Waals surface area contributed by atoms with E-state index in [0.717, 1.165) is 25.8 Å². The summed E-state index contributed by atoms with van der Waals surface area (Å²) in [5.41, 5.74) is -0.760. The summed E-state index contributed by atoms with van der Waals surface area (Å²) in [4.78, 5) is 1.93. The molecule has 1 aliphatic carbocycles. The third-order valence-electron chi connectivity index (χ3n) is 4.28. The van der Waals surface area contributed by atoms with Crippen molar-refractivity contribution in [2.75, 3.05) is 13.1 Å². The number of nitrogens with zero attached hydrogens (tertiary/aromatic N) is 1. The van der Waals surface area contributed by atoms with E-state index in [-0.39, 0.29) is 12.1 Å². The second-order valence-corrected chi connectivity index (χ2v) is 6.18. The fraction of sp³-hybridized carbons (Fsp3) is 1.00. The van der Waals surface area contributed by atoms with Gasteiger partial charge < -0.3 is 0 Å². The lowest BCUT2D eigenvalue weighted by atomic mass is 9.60. The van der Waals surface area contributed by atoms with Crippen LogP contribution in [0.1, 0.15) is 46.5 Å². The highest BCUT2D eigenvalue weighted by Crippen LogP contribution is 2.57. The Hall–Kier alpha value is -0.180. The molecule has 3 heteroatoms. The molecule has 2 fully saturated rings. The predicted octanol–water partition coefficient (Wildman–Crippen LogP) is 3.30. The van der Waals surface area contributed by atoms with Crippen molar-refractivity contribution in [2.24, 2.45) is 5.41 Å². The molecule has 0 aromatic heterocycles. The molecule has 0 aromatic rings. The van der Waals surface area contributed by atoms with E-state index in [1.807, 2.05) is 25.7 Å². The minimum Gasteiger partial charge on any atom is -0.293 e. The van der Waals surface area contributed by atoms with Gasteiger partial charge in [0.2, 0.25) is 0 Å². The SMILES string of the molecule is CC(C)(C)N1CCC2(CCC2)C(F)(F)C1. The van der Waals surface area contributed by atoms with E-state index in [4.69, 9.17) is 0 Å². The van der Waals surface area contributed by atoms with Crippen molar-refractivity contribution in [3.8, 4) is 0 Å². The van der Waals surface area contributed by atoms with Crippen LogP contribution in [0.5, 0.6) is 0 Å². The molecule has 1 aliphatic heterocycles. The van der Waals surface area contributed by atoms with E-state index in [1.165, 1.54) is 0 Å². The van der Waals surface area contributed by atoms with Gasteiger partial charge >= 0.3 is 0 Å². The molecule has 0 atom stereocenters. The van der Waals surface area contributed by atoms with Crippen molar-refractivity contribution >= 4 is 0 Å². The molecular weight excluding hydrogens is 196 g/mol. The van der Waals surface area contributed by atoms with Gasteiger partial charge in [-0.3, -0.25) is 4.90 Å². The monoisotopic (exact) mass is 217 g/mol. The molecule has 1 saturated carbocycles. The molecule has 0 radical (unpaired) electrons. The minimum atomic E-state index is -2.48. The van der Waals surface area contributed by atoms with E-state index >= 15 is 0 Å². The van der Waals surface area contributed by atoms with Crippen LogP contribution in [0, 0.1) is 5.41 Å². The topological polar surface area (TPSA) is 3.24 Å². The Balaban J connectivity index is 2.11. The molecule has 1 saturated heterocycles. The summed E-state index contributed by atoms with van der Waals surface area (Å²) in [6.07, 6.45) is 3.14. The maximum Gasteiger partial charge on any atom is 0.266 e. The van der Waals surface area contributed by atoms with E-state index in [2.05, 4.69) is 0 Å². The Morgan fingerprint density at radius 2 is 1.67 bits per heavy atom. The largest absolute Gasteiger partial charge is 0.293 e. The molecule has 2 rings (SSSR count). The van der Waals surface area contributed by atoms with Crippen molar-refractivity contribution in [3.05, 3.63) is 0 Å². The van der Waals surface area contributed by atoms with Gasteiger partial charge in [-0.05, 0) is 46.6 Å². The third kappa shape index (κ3) is 1.69. The van der Waals surface area contributed by atoms with Crippen molar-refractivity contribution < 1.29 is 8.78 Å². The fourth-order valence-corrected chi connectivity index (χ4v) is 2.81. The molecule has 0 aromatic carbocycles. The number of alkyl halides is 2. The normalized spacial score (nSPS) is 30.2. The van der Waals surface area contributed by atoms with Crippen LogP contribution in [0.15, 0.2) is 0 Å². The Morgan fingerprint density at radius 1 is 1.07 bits per heavy atom. The minimum absolute atomic E-state index is 0.0451. The van der Waals surface area contributed by atoms with Gasteiger partial charge in [0.15, 0.2) is 0 Å². The van der Waals surface area contributed by atoms with Gasteiger partial charge in [-0.1, -0.05) is 6.42 Å². The number of rotatable bonds is 0. The zero-order valence-corrected chi connectivity index (χ0v) is 9.95. The molecule has 0 unspecified atom stereocenters. The Labute approximate surface area is 90.8 Å². The van der Waals surface area contributed by atoms with Crippen LogP contribution in [0.3, 0.4) is 0 Å². The maximum atomic E-state index is 14.0. The Bertz CT molecular complexity index is 251. The maximum absolute atomic E-state index is 14.0. The molecule has 1 heterocycles. The molecule has 1 nitrogen and oxygen atoms in total. The van der Waals surface area contributed by atoms with Crippen LogP contribution in [-0.2, 0) is 0 Å². The molecule has 1 spiro atoms. The molecule has 15 heavy (non-hydrogen) atoms. The quantitative estimate of drug-likeness (QED) is 0.602. The summed E-state index contributed by atoms with van der Waals surface area (Å²) < 4.78 is 28.1. The van der Waals surface area contributed by atoms with Gasteiger partial charge in [-0.15, -0.1) is 0 Å². The lowest BCUT2D eigenvalue weighted by Gasteiger charge is -2.55. The molecule has 0 amide bonds. The number of likely N-dealkylation sites (tertiary alicyclic amines) is 1. The highest BCUT2D eigenvalue weighted by atomic mass is 19.3. The van der Waals surface area contributed by atoms with Crippen LogP contribution >= 0.6 is 0 Å². The number of piperidine rings is 1. The summed E-state index contributed by atoms with van der Waals surface area (Å²) in [5, 5.41) is 0. The van der Waals surface area contributed by atoms with Crippen LogP contribution in [-0.4, -0.2) is 29.5 Å². The first-order valence-electron chi connectivity index (χ1n) is 5.90. The molecular formula is C12H21F2N. The second-order valence-electron chi connectivity index (χ2n) is 6.18. The zero-order chi connectivity index (χ0) is 11.3. The average molecular weight is 217 g/mol. The highest BCUT2D eigenvalue weighted by molar-refractivity contribution is 5.04. The summed E-state index contributed by atoms with van der Waals surface area (Å²) >= 11 is 0. The number of hydrogen-bond donors (Lipinski definition) is 0. The van der Waals surface area contributed by atoms with E-state index in [0.29, 0.717) is 6.42 Å². The van der Waals surface area contributed by atoms with Gasteiger partial charge in [0.25, 0.3) is 5.92 Å². The van der Waals surface area contributed by atoms with Gasteiger partial charge in [-0.25, -0.2) is 8.78 Å². The summed E-state index contributed by atoms with van der Waals surface area (Å²) in [6.45, 7) is 6.83. The molecule has 88 valence electrons. The first kappa shape index (κ1) is 11.3. The highest BCUT2D eigenvalue weighted by Gasteiger charge is 2.60. The van der Waals surface area contributed by atoms with E-state index < -0.39 is 11.3 Å². The molecule has 0 bridgehead atoms. The van der Waals surface area contributed by atoms with Gasteiger partial charge in [-0.2, -0.15) is 0 Å². The molecule has 0 N–H and O–H groups in total. The first-order chi connectivity index (χ1) is 6.77. The lowest BCUT2D eigenvalue weighted by Crippen LogP contribution is -2.62. The van der Waals surface area contributed by atoms with Gasteiger partial charge in [0.05, 0.1) is 6.54 Å². The summed E-state index contributed by atoms with van der Waals surface area (Å²) in [7, 11) is 0. The first-order valence-corrected chi connectivity index (χ1v) is 5.90. The van der Waals surface area contributed by atoms with Crippen LogP contribution in [0.4, 0.5) is 8.78 Å². The predicted molar refractivity (Wildman–Crippen MR) is 57.2 cm³/mol. The smallest absolute Gasteiger partial charge is 0.266 e. The van der Waals surface area contributed by atoms with E-state index in [9.17, 15) is 8.78 Å². The summed E-state index contributed by atoms with van der Waals surface area (Å²) in [6, 6.07) is 0. The average Bonchev–Trinajstić information content (AvgIpc) is 1.97. The van der Waals surface area contributed by atoms with Crippen LogP contribution in [0.2, 0.25) is 0 Å². The number of halogens is 2. The molecule has 2 aliphatic rings. The Morgan fingerprint density at radius 3 is 2.00 bits per heavy atom. The van der Waals surface area contributed by atoms with Crippen LogP contribution in [0.25, 0.3) is 0 Å². The third-order valence-corrected chi connectivity index (χ3v) is 4.28. The van der Waals surface area contributed by atoms with Crippen molar-refractivity contribution in [1.29, 1.82) is 0 Å². The Kier molecular flexibility index (Phi) is 2.38. The second kappa shape index (κ2) is 3.16. The lowest BCUT2D eigenvalue weighted by molar-refractivity contribution is -0.211. The fourth-order valence-electron chi connectivity index (χ4n) is 2.81. The van der Waals surface area contributed by atoms with Crippen LogP contribution < -0.4 is 0 Å². The standard InChI is InChI=1S/C12H21F2N/c1-10(2,3)15-8-7-11(5-4-6-11)12(13,14)9-15/h4-9H2,1-3H3. The zero-order valence-electron chi connectivity index (χ0n) is 9.95. The van der Waals surface area contributed by atoms with Crippen molar-refractivity contribution in [1.82, 2.24) is 4.90 Å². The van der Waals surface area contributed by atoms with E-state index in [1.54, 1.807) is 0 Å². The van der Waals surface area contributed by atoms with Crippen molar-refractivity contribution in [3.63, 3.8) is 0 Å². The number of hydrogen-bond acceptors (Lipinski definition) is 1. The van der Waals surface area contributed by atoms with Gasteiger partial charge in [0, 0.05) is 11.0 Å².